The fourth-order valence-corrected chi connectivity index (χ4v) is 3.49. The highest BCUT2D eigenvalue weighted by Gasteiger charge is 2.29. The van der Waals surface area contributed by atoms with Gasteiger partial charge in [-0.25, -0.2) is 14.2 Å². The Kier molecular flexibility index (Phi) is 5.54. The molecule has 6 nitrogen and oxygen atoms in total. The molecule has 8 heteroatoms. The molecule has 0 aliphatic carbocycles. The molecule has 0 aliphatic heterocycles. The summed E-state index contributed by atoms with van der Waals surface area (Å²) in [6, 6.07) is 7.51. The number of amides is 1. The minimum absolute atomic E-state index is 0.102. The molecule has 0 radical (unpaired) electrons. The van der Waals surface area contributed by atoms with Crippen molar-refractivity contribution in [3.05, 3.63) is 58.1 Å². The van der Waals surface area contributed by atoms with Gasteiger partial charge in [0, 0.05) is 22.6 Å². The molecule has 3 rings (SSSR count). The van der Waals surface area contributed by atoms with Gasteiger partial charge in [0.05, 0.1) is 12.2 Å². The summed E-state index contributed by atoms with van der Waals surface area (Å²) in [5, 5.41) is 14.7. The van der Waals surface area contributed by atoms with Crippen molar-refractivity contribution in [2.24, 2.45) is 0 Å². The second-order valence-electron chi connectivity index (χ2n) is 8.30. The lowest BCUT2D eigenvalue weighted by Gasteiger charge is -2.20. The Balaban J connectivity index is 2.27. The third-order valence-electron chi connectivity index (χ3n) is 4.66. The van der Waals surface area contributed by atoms with E-state index in [1.807, 2.05) is 34.6 Å². The lowest BCUT2D eigenvalue weighted by atomic mass is 9.86. The van der Waals surface area contributed by atoms with Gasteiger partial charge in [-0.15, -0.1) is 0 Å². The van der Waals surface area contributed by atoms with Crippen LogP contribution < -0.4 is 4.90 Å². The van der Waals surface area contributed by atoms with Crippen molar-refractivity contribution < 1.29 is 14.3 Å². The molecule has 0 fully saturated rings. The highest BCUT2D eigenvalue weighted by molar-refractivity contribution is 6.29. The Bertz CT molecular complexity index is 1070. The van der Waals surface area contributed by atoms with Crippen LogP contribution in [0.5, 0.6) is 0 Å². The fraction of sp³-hybridized carbons (Fsp3) is 0.381. The van der Waals surface area contributed by atoms with Crippen molar-refractivity contribution >= 4 is 29.2 Å². The molecule has 1 aromatic carbocycles. The number of halogens is 2. The Morgan fingerprint density at radius 2 is 1.97 bits per heavy atom. The van der Waals surface area contributed by atoms with E-state index < -0.39 is 11.9 Å². The van der Waals surface area contributed by atoms with E-state index in [0.717, 1.165) is 16.2 Å². The van der Waals surface area contributed by atoms with Gasteiger partial charge in [-0.05, 0) is 12.0 Å². The van der Waals surface area contributed by atoms with Crippen LogP contribution in [0.4, 0.5) is 15.0 Å². The SMILES string of the molecule is CC(C)c1c(C(C)(C)C)nn2c(N(Cc3ccccc3F)C(=O)O)cc(Cl)nc12. The van der Waals surface area contributed by atoms with Gasteiger partial charge in [0.15, 0.2) is 5.65 Å². The van der Waals surface area contributed by atoms with E-state index in [1.54, 1.807) is 18.2 Å². The van der Waals surface area contributed by atoms with Crippen molar-refractivity contribution in [2.75, 3.05) is 4.90 Å². The smallest absolute Gasteiger partial charge is 0.413 e. The number of carboxylic acid groups (broad SMARTS) is 1. The molecule has 2 aromatic heterocycles. The van der Waals surface area contributed by atoms with Gasteiger partial charge in [0.1, 0.15) is 16.8 Å². The van der Waals surface area contributed by atoms with Gasteiger partial charge in [-0.1, -0.05) is 64.4 Å². The Hall–Kier alpha value is -2.67. The molecule has 0 spiro atoms. The van der Waals surface area contributed by atoms with Gasteiger partial charge >= 0.3 is 6.09 Å². The molecule has 0 unspecified atom stereocenters. The molecule has 1 N–H and O–H groups in total. The predicted octanol–water partition coefficient (Wildman–Crippen LogP) is 5.63. The molecule has 0 aliphatic rings. The molecule has 3 aromatic rings. The van der Waals surface area contributed by atoms with Crippen LogP contribution in [0, 0.1) is 5.82 Å². The van der Waals surface area contributed by atoms with Crippen molar-refractivity contribution in [3.8, 4) is 0 Å². The van der Waals surface area contributed by atoms with Crippen LogP contribution in [0.2, 0.25) is 5.15 Å². The number of hydrogen-bond acceptors (Lipinski definition) is 3. The van der Waals surface area contributed by atoms with Gasteiger partial charge < -0.3 is 5.11 Å². The minimum Gasteiger partial charge on any atom is -0.465 e. The van der Waals surface area contributed by atoms with Crippen LogP contribution in [0.3, 0.4) is 0 Å². The minimum atomic E-state index is -1.24. The first-order chi connectivity index (χ1) is 13.5. The standard InChI is InChI=1S/C21H24ClFN4O2/c1-12(2)17-18(21(3,4)5)25-27-16(10-15(22)24-19(17)27)26(20(28)29)11-13-8-6-7-9-14(13)23/h6-10,12H,11H2,1-5H3,(H,28,29). The maximum absolute atomic E-state index is 14.2. The third-order valence-corrected chi connectivity index (χ3v) is 4.85. The number of rotatable bonds is 4. The van der Waals surface area contributed by atoms with Gasteiger partial charge in [-0.3, -0.25) is 4.90 Å². The van der Waals surface area contributed by atoms with E-state index in [4.69, 9.17) is 16.7 Å². The van der Waals surface area contributed by atoms with Crippen LogP contribution in [-0.4, -0.2) is 25.8 Å². The molecule has 154 valence electrons. The summed E-state index contributed by atoms with van der Waals surface area (Å²) >= 11 is 6.26. The number of benzene rings is 1. The molecule has 0 bridgehead atoms. The number of fused-ring (bicyclic) bond motifs is 1. The van der Waals surface area contributed by atoms with E-state index in [1.165, 1.54) is 16.6 Å². The monoisotopic (exact) mass is 418 g/mol. The number of hydrogen-bond donors (Lipinski definition) is 1. The quantitative estimate of drug-likeness (QED) is 0.557. The first-order valence-electron chi connectivity index (χ1n) is 9.34. The number of nitrogens with zero attached hydrogens (tertiary/aromatic N) is 4. The summed E-state index contributed by atoms with van der Waals surface area (Å²) in [6.07, 6.45) is -1.24. The second kappa shape index (κ2) is 7.63. The average molecular weight is 419 g/mol. The van der Waals surface area contributed by atoms with Crippen molar-refractivity contribution in [1.82, 2.24) is 14.6 Å². The molecule has 0 saturated carbocycles. The third kappa shape index (κ3) is 4.05. The van der Waals surface area contributed by atoms with E-state index in [9.17, 15) is 14.3 Å². The summed E-state index contributed by atoms with van der Waals surface area (Å²) in [5.41, 5.74) is 2.21. The zero-order valence-electron chi connectivity index (χ0n) is 17.1. The lowest BCUT2D eigenvalue weighted by molar-refractivity contribution is 0.201. The Morgan fingerprint density at radius 3 is 2.52 bits per heavy atom. The maximum atomic E-state index is 14.2. The van der Waals surface area contributed by atoms with Gasteiger partial charge in [-0.2, -0.15) is 9.61 Å². The molecule has 0 saturated heterocycles. The highest BCUT2D eigenvalue weighted by Crippen LogP contribution is 2.35. The van der Waals surface area contributed by atoms with Crippen molar-refractivity contribution in [2.45, 2.75) is 52.5 Å². The van der Waals surface area contributed by atoms with Crippen molar-refractivity contribution in [1.29, 1.82) is 0 Å². The molecule has 2 heterocycles. The predicted molar refractivity (Wildman–Crippen MR) is 111 cm³/mol. The first-order valence-corrected chi connectivity index (χ1v) is 9.72. The van der Waals surface area contributed by atoms with Crippen LogP contribution >= 0.6 is 11.6 Å². The normalized spacial score (nSPS) is 12.0. The highest BCUT2D eigenvalue weighted by atomic mass is 35.5. The number of carbonyl (C=O) groups is 1. The van der Waals surface area contributed by atoms with Gasteiger partial charge in [0.2, 0.25) is 0 Å². The summed E-state index contributed by atoms with van der Waals surface area (Å²) < 4.78 is 15.7. The zero-order valence-corrected chi connectivity index (χ0v) is 17.8. The molecule has 29 heavy (non-hydrogen) atoms. The first kappa shape index (κ1) is 21.0. The number of anilines is 1. The largest absolute Gasteiger partial charge is 0.465 e. The molecular weight excluding hydrogens is 395 g/mol. The average Bonchev–Trinajstić information content (AvgIpc) is 3.00. The van der Waals surface area contributed by atoms with E-state index in [0.29, 0.717) is 5.65 Å². The van der Waals surface area contributed by atoms with Gasteiger partial charge in [0.25, 0.3) is 0 Å². The topological polar surface area (TPSA) is 70.7 Å². The Labute approximate surface area is 173 Å². The van der Waals surface area contributed by atoms with Crippen LogP contribution in [0.1, 0.15) is 57.4 Å². The molecule has 0 atom stereocenters. The van der Waals surface area contributed by atoms with Crippen LogP contribution in [-0.2, 0) is 12.0 Å². The van der Waals surface area contributed by atoms with Crippen molar-refractivity contribution in [3.63, 3.8) is 0 Å². The van der Waals surface area contributed by atoms with Crippen LogP contribution in [0.25, 0.3) is 5.65 Å². The second-order valence-corrected chi connectivity index (χ2v) is 8.69. The molecular formula is C21H24ClFN4O2. The Morgan fingerprint density at radius 1 is 1.31 bits per heavy atom. The summed E-state index contributed by atoms with van der Waals surface area (Å²) in [7, 11) is 0. The summed E-state index contributed by atoms with van der Waals surface area (Å²) in [5.74, 6) is -0.160. The van der Waals surface area contributed by atoms with E-state index in [-0.39, 0.29) is 34.4 Å². The summed E-state index contributed by atoms with van der Waals surface area (Å²) in [4.78, 5) is 17.6. The fourth-order valence-electron chi connectivity index (χ4n) is 3.31. The maximum Gasteiger partial charge on any atom is 0.413 e. The lowest BCUT2D eigenvalue weighted by Crippen LogP contribution is -2.31. The zero-order chi connectivity index (χ0) is 21.5. The number of aromatic nitrogens is 3. The summed E-state index contributed by atoms with van der Waals surface area (Å²) in [6.45, 7) is 9.99. The van der Waals surface area contributed by atoms with Crippen LogP contribution in [0.15, 0.2) is 30.3 Å². The molecule has 1 amide bonds. The van der Waals surface area contributed by atoms with E-state index >= 15 is 0 Å². The van der Waals surface area contributed by atoms with E-state index in [2.05, 4.69) is 4.98 Å².